The van der Waals surface area contributed by atoms with Crippen LogP contribution in [0, 0.1) is 6.92 Å². The average Bonchev–Trinajstić information content (AvgIpc) is 2.83. The minimum Gasteiger partial charge on any atom is -0.338 e. The molecular formula is C26H29F6N3O. The average molecular weight is 514 g/mol. The van der Waals surface area contributed by atoms with Crippen LogP contribution >= 0.6 is 0 Å². The molecule has 0 aromatic heterocycles. The van der Waals surface area contributed by atoms with E-state index in [1.165, 1.54) is 4.90 Å². The van der Waals surface area contributed by atoms with Crippen LogP contribution in [0.5, 0.6) is 0 Å². The molecule has 0 aliphatic carbocycles. The van der Waals surface area contributed by atoms with E-state index in [1.54, 1.807) is 0 Å². The van der Waals surface area contributed by atoms with E-state index in [0.717, 1.165) is 37.3 Å². The van der Waals surface area contributed by atoms with Crippen LogP contribution in [-0.4, -0.2) is 73.0 Å². The van der Waals surface area contributed by atoms with Crippen molar-refractivity contribution < 1.29 is 31.1 Å². The highest BCUT2D eigenvalue weighted by Crippen LogP contribution is 2.38. The molecule has 2 aliphatic rings. The number of rotatable bonds is 3. The summed E-state index contributed by atoms with van der Waals surface area (Å²) in [6, 6.07) is 8.99. The van der Waals surface area contributed by atoms with Gasteiger partial charge in [-0.1, -0.05) is 24.3 Å². The second kappa shape index (κ2) is 10.0. The van der Waals surface area contributed by atoms with Crippen LogP contribution in [0.15, 0.2) is 42.5 Å². The summed E-state index contributed by atoms with van der Waals surface area (Å²) in [5.74, 6) is -0.929. The van der Waals surface area contributed by atoms with Gasteiger partial charge in [0.1, 0.15) is 0 Å². The highest BCUT2D eigenvalue weighted by atomic mass is 19.4. The first-order chi connectivity index (χ1) is 16.8. The van der Waals surface area contributed by atoms with Crippen molar-refractivity contribution in [3.8, 4) is 0 Å². The molecule has 2 aromatic carbocycles. The van der Waals surface area contributed by atoms with Crippen LogP contribution in [0.3, 0.4) is 0 Å². The van der Waals surface area contributed by atoms with Gasteiger partial charge in [-0.2, -0.15) is 26.3 Å². The van der Waals surface area contributed by atoms with Crippen LogP contribution < -0.4 is 0 Å². The molecule has 1 amide bonds. The summed E-state index contributed by atoms with van der Waals surface area (Å²) in [5, 5.41) is 0. The number of hydrogen-bond acceptors (Lipinski definition) is 3. The molecule has 2 atom stereocenters. The summed E-state index contributed by atoms with van der Waals surface area (Å²) < 4.78 is 80.1. The Kier molecular flexibility index (Phi) is 7.39. The minimum atomic E-state index is -5.01. The van der Waals surface area contributed by atoms with Gasteiger partial charge < -0.3 is 9.80 Å². The Morgan fingerprint density at radius 2 is 1.44 bits per heavy atom. The first-order valence-corrected chi connectivity index (χ1v) is 11.9. The summed E-state index contributed by atoms with van der Waals surface area (Å²) in [6.07, 6.45) is -9.43. The number of piperazine rings is 1. The first kappa shape index (κ1) is 26.5. The summed E-state index contributed by atoms with van der Waals surface area (Å²) >= 11 is 0. The molecule has 4 nitrogen and oxygen atoms in total. The van der Waals surface area contributed by atoms with E-state index in [-0.39, 0.29) is 31.1 Å². The van der Waals surface area contributed by atoms with E-state index in [2.05, 4.69) is 16.8 Å². The minimum absolute atomic E-state index is 0.0481. The van der Waals surface area contributed by atoms with Gasteiger partial charge in [0.25, 0.3) is 5.91 Å². The van der Waals surface area contributed by atoms with Gasteiger partial charge in [-0.3, -0.25) is 9.69 Å². The molecule has 0 radical (unpaired) electrons. The van der Waals surface area contributed by atoms with E-state index in [9.17, 15) is 31.1 Å². The molecule has 2 aromatic rings. The summed E-state index contributed by atoms with van der Waals surface area (Å²) in [6.45, 7) is 5.99. The van der Waals surface area contributed by atoms with Crippen molar-refractivity contribution in [3.63, 3.8) is 0 Å². The Bertz CT molecular complexity index is 1060. The molecule has 2 fully saturated rings. The third kappa shape index (κ3) is 5.70. The Balaban J connectivity index is 1.66. The van der Waals surface area contributed by atoms with Gasteiger partial charge in [-0.05, 0) is 49.7 Å². The van der Waals surface area contributed by atoms with Gasteiger partial charge in [0, 0.05) is 56.8 Å². The van der Waals surface area contributed by atoms with Gasteiger partial charge >= 0.3 is 12.4 Å². The first-order valence-electron chi connectivity index (χ1n) is 11.9. The van der Waals surface area contributed by atoms with Crippen molar-refractivity contribution in [2.45, 2.75) is 37.7 Å². The van der Waals surface area contributed by atoms with Crippen LogP contribution in [0.4, 0.5) is 26.3 Å². The van der Waals surface area contributed by atoms with Gasteiger partial charge in [0.15, 0.2) is 0 Å². The maximum absolute atomic E-state index is 13.4. The number of piperidine rings is 1. The quantitative estimate of drug-likeness (QED) is 0.523. The fraction of sp³-hybridized carbons (Fsp3) is 0.500. The molecule has 196 valence electrons. The smallest absolute Gasteiger partial charge is 0.338 e. The van der Waals surface area contributed by atoms with Crippen LogP contribution in [0.2, 0.25) is 0 Å². The monoisotopic (exact) mass is 513 g/mol. The molecule has 0 saturated carbocycles. The summed E-state index contributed by atoms with van der Waals surface area (Å²) in [7, 11) is 2.06. The van der Waals surface area contributed by atoms with Gasteiger partial charge in [0.05, 0.1) is 11.1 Å². The third-order valence-electron chi connectivity index (χ3n) is 7.29. The summed E-state index contributed by atoms with van der Waals surface area (Å²) in [4.78, 5) is 19.4. The molecule has 2 heterocycles. The predicted molar refractivity (Wildman–Crippen MR) is 124 cm³/mol. The highest BCUT2D eigenvalue weighted by Gasteiger charge is 2.40. The molecule has 0 bridgehead atoms. The number of alkyl halides is 6. The molecule has 0 N–H and O–H groups in total. The Morgan fingerprint density at radius 1 is 0.861 bits per heavy atom. The molecule has 4 rings (SSSR count). The fourth-order valence-corrected chi connectivity index (χ4v) is 5.28. The SMILES string of the molecule is Cc1ccccc1[C@@H]1CN(C(=O)c2cc(C(F)(F)F)cc(C(F)(F)F)c2)CC[C@@H]1N1CCN(C)CC1. The number of likely N-dealkylation sites (N-methyl/N-ethyl adjacent to an activating group) is 1. The normalized spacial score (nSPS) is 22.6. The maximum Gasteiger partial charge on any atom is 0.416 e. The van der Waals surface area contributed by atoms with Crippen LogP contribution in [-0.2, 0) is 12.4 Å². The van der Waals surface area contributed by atoms with Crippen molar-refractivity contribution in [1.29, 1.82) is 0 Å². The molecule has 10 heteroatoms. The lowest BCUT2D eigenvalue weighted by molar-refractivity contribution is -0.143. The van der Waals surface area contributed by atoms with Crippen LogP contribution in [0.1, 0.15) is 45.0 Å². The zero-order valence-electron chi connectivity index (χ0n) is 20.2. The Labute approximate surface area is 206 Å². The maximum atomic E-state index is 13.4. The number of halogens is 6. The number of amides is 1. The number of carbonyl (C=O) groups is 1. The largest absolute Gasteiger partial charge is 0.416 e. The number of aryl methyl sites for hydroxylation is 1. The lowest BCUT2D eigenvalue weighted by atomic mass is 9.82. The molecule has 0 spiro atoms. The van der Waals surface area contributed by atoms with Gasteiger partial charge in [0.2, 0.25) is 0 Å². The van der Waals surface area contributed by atoms with Crippen molar-refractivity contribution >= 4 is 5.91 Å². The Morgan fingerprint density at radius 3 is 2.00 bits per heavy atom. The van der Waals surface area contributed by atoms with Crippen molar-refractivity contribution in [2.75, 3.05) is 46.3 Å². The van der Waals surface area contributed by atoms with Gasteiger partial charge in [-0.25, -0.2) is 0 Å². The topological polar surface area (TPSA) is 26.8 Å². The Hall–Kier alpha value is -2.59. The highest BCUT2D eigenvalue weighted by molar-refractivity contribution is 5.95. The van der Waals surface area contributed by atoms with E-state index in [1.807, 2.05) is 31.2 Å². The van der Waals surface area contributed by atoms with Gasteiger partial charge in [-0.15, -0.1) is 0 Å². The van der Waals surface area contributed by atoms with E-state index in [4.69, 9.17) is 0 Å². The predicted octanol–water partition coefficient (Wildman–Crippen LogP) is 5.28. The molecular weight excluding hydrogens is 484 g/mol. The summed E-state index contributed by atoms with van der Waals surface area (Å²) in [5.41, 5.74) is -1.49. The molecule has 36 heavy (non-hydrogen) atoms. The molecule has 2 aliphatic heterocycles. The van der Waals surface area contributed by atoms with E-state index in [0.29, 0.717) is 18.6 Å². The van der Waals surface area contributed by atoms with Crippen LogP contribution in [0.25, 0.3) is 0 Å². The molecule has 0 unspecified atom stereocenters. The molecule has 2 saturated heterocycles. The number of hydrogen-bond donors (Lipinski definition) is 0. The fourth-order valence-electron chi connectivity index (χ4n) is 5.28. The van der Waals surface area contributed by atoms with E-state index < -0.39 is 35.0 Å². The van der Waals surface area contributed by atoms with E-state index >= 15 is 0 Å². The number of nitrogens with zero attached hydrogens (tertiary/aromatic N) is 3. The second-order valence-electron chi connectivity index (χ2n) is 9.70. The number of likely N-dealkylation sites (tertiary alicyclic amines) is 1. The van der Waals surface area contributed by atoms with Crippen molar-refractivity contribution in [2.24, 2.45) is 0 Å². The zero-order valence-corrected chi connectivity index (χ0v) is 20.2. The third-order valence-corrected chi connectivity index (χ3v) is 7.29. The zero-order chi connectivity index (χ0) is 26.3. The number of benzene rings is 2. The standard InChI is InChI=1S/C26H29F6N3O/c1-17-5-3-4-6-21(17)22-16-35(8-7-23(22)34-11-9-33(2)10-12-34)24(36)18-13-19(25(27,28)29)15-20(14-18)26(30,31)32/h3-6,13-15,22-23H,7-12,16H2,1-2H3/t22-,23-/m0/s1. The lowest BCUT2D eigenvalue weighted by Crippen LogP contribution is -2.56. The van der Waals surface area contributed by atoms with Crippen molar-refractivity contribution in [1.82, 2.24) is 14.7 Å². The second-order valence-corrected chi connectivity index (χ2v) is 9.70. The lowest BCUT2D eigenvalue weighted by Gasteiger charge is -2.47. The van der Waals surface area contributed by atoms with Crippen molar-refractivity contribution in [3.05, 3.63) is 70.3 Å². The number of carbonyl (C=O) groups excluding carboxylic acids is 1.